The highest BCUT2D eigenvalue weighted by Gasteiger charge is 2.25. The van der Waals surface area contributed by atoms with Crippen molar-refractivity contribution in [1.82, 2.24) is 0 Å². The summed E-state index contributed by atoms with van der Waals surface area (Å²) >= 11 is 0. The van der Waals surface area contributed by atoms with Crippen LogP contribution in [0.1, 0.15) is 6.92 Å². The van der Waals surface area contributed by atoms with E-state index in [1.54, 1.807) is 25.1 Å². The Kier molecular flexibility index (Phi) is 4.12. The number of sulfonamides is 1. The molecule has 0 saturated heterocycles. The van der Waals surface area contributed by atoms with Crippen molar-refractivity contribution in [3.63, 3.8) is 0 Å². The summed E-state index contributed by atoms with van der Waals surface area (Å²) in [6.07, 6.45) is 0. The maximum Gasteiger partial charge on any atom is 0.264 e. The van der Waals surface area contributed by atoms with Crippen LogP contribution in [0.2, 0.25) is 0 Å². The van der Waals surface area contributed by atoms with E-state index >= 15 is 0 Å². The summed E-state index contributed by atoms with van der Waals surface area (Å²) in [5.41, 5.74) is 0.473. The number of halogens is 1. The van der Waals surface area contributed by atoms with Crippen molar-refractivity contribution >= 4 is 15.7 Å². The molecule has 122 valence electrons. The number of nitrogens with zero attached hydrogens (tertiary/aromatic N) is 1. The zero-order chi connectivity index (χ0) is 16.4. The molecule has 0 saturated carbocycles. The minimum Gasteiger partial charge on any atom is -0.486 e. The second-order valence-electron chi connectivity index (χ2n) is 4.95. The molecule has 0 bridgehead atoms. The summed E-state index contributed by atoms with van der Waals surface area (Å²) in [5, 5.41) is 0. The molecular weight excluding hydrogens is 321 g/mol. The van der Waals surface area contributed by atoms with Crippen LogP contribution >= 0.6 is 0 Å². The van der Waals surface area contributed by atoms with Gasteiger partial charge in [-0.3, -0.25) is 4.31 Å². The van der Waals surface area contributed by atoms with Crippen molar-refractivity contribution in [3.8, 4) is 11.5 Å². The molecule has 7 heteroatoms. The smallest absolute Gasteiger partial charge is 0.264 e. The Bertz CT molecular complexity index is 805. The van der Waals surface area contributed by atoms with E-state index in [-0.39, 0.29) is 11.4 Å². The molecule has 1 heterocycles. The molecule has 2 aromatic carbocycles. The van der Waals surface area contributed by atoms with Gasteiger partial charge in [0.05, 0.1) is 10.6 Å². The summed E-state index contributed by atoms with van der Waals surface area (Å²) in [7, 11) is -3.78. The minimum atomic E-state index is -3.78. The Hall–Kier alpha value is -2.28. The number of hydrogen-bond acceptors (Lipinski definition) is 4. The van der Waals surface area contributed by atoms with Gasteiger partial charge in [0, 0.05) is 12.6 Å². The Morgan fingerprint density at radius 2 is 1.70 bits per heavy atom. The van der Waals surface area contributed by atoms with E-state index in [1.807, 2.05) is 0 Å². The number of benzene rings is 2. The first kappa shape index (κ1) is 15.6. The minimum absolute atomic E-state index is 0.0376. The van der Waals surface area contributed by atoms with E-state index in [2.05, 4.69) is 0 Å². The van der Waals surface area contributed by atoms with E-state index in [9.17, 15) is 12.8 Å². The van der Waals surface area contributed by atoms with Gasteiger partial charge in [-0.25, -0.2) is 12.8 Å². The maximum absolute atomic E-state index is 13.0. The maximum atomic E-state index is 13.0. The van der Waals surface area contributed by atoms with Gasteiger partial charge in [0.1, 0.15) is 19.0 Å². The van der Waals surface area contributed by atoms with Crippen LogP contribution in [0.25, 0.3) is 0 Å². The molecule has 0 atom stereocenters. The molecule has 23 heavy (non-hydrogen) atoms. The molecule has 0 aromatic heterocycles. The molecular formula is C16H16FNO4S. The van der Waals surface area contributed by atoms with Crippen LogP contribution in [0.3, 0.4) is 0 Å². The van der Waals surface area contributed by atoms with E-state index in [1.165, 1.54) is 16.4 Å². The summed E-state index contributed by atoms with van der Waals surface area (Å²) in [5.74, 6) is 0.628. The average molecular weight is 337 g/mol. The van der Waals surface area contributed by atoms with Gasteiger partial charge in [0.25, 0.3) is 10.0 Å². The molecule has 3 rings (SSSR count). The molecule has 0 amide bonds. The van der Waals surface area contributed by atoms with Gasteiger partial charge in [0.2, 0.25) is 0 Å². The third kappa shape index (κ3) is 2.96. The van der Waals surface area contributed by atoms with Crippen LogP contribution < -0.4 is 13.8 Å². The van der Waals surface area contributed by atoms with Crippen molar-refractivity contribution in [2.24, 2.45) is 0 Å². The largest absolute Gasteiger partial charge is 0.486 e. The molecule has 1 aliphatic rings. The topological polar surface area (TPSA) is 55.8 Å². The lowest BCUT2D eigenvalue weighted by molar-refractivity contribution is 0.171. The van der Waals surface area contributed by atoms with Crippen molar-refractivity contribution in [1.29, 1.82) is 0 Å². The highest BCUT2D eigenvalue weighted by molar-refractivity contribution is 7.92. The summed E-state index contributed by atoms with van der Waals surface area (Å²) in [6.45, 7) is 2.86. The Labute approximate surface area is 134 Å². The van der Waals surface area contributed by atoms with Crippen LogP contribution in [0.4, 0.5) is 10.1 Å². The Morgan fingerprint density at radius 3 is 2.35 bits per heavy atom. The van der Waals surface area contributed by atoms with Gasteiger partial charge < -0.3 is 9.47 Å². The molecule has 0 N–H and O–H groups in total. The SMILES string of the molecule is CCN(c1ccc2c(c1)OCCO2)S(=O)(=O)c1ccc(F)cc1. The Balaban J connectivity index is 2.00. The lowest BCUT2D eigenvalue weighted by atomic mass is 10.2. The zero-order valence-corrected chi connectivity index (χ0v) is 13.3. The summed E-state index contributed by atoms with van der Waals surface area (Å²) in [4.78, 5) is 0.0376. The van der Waals surface area contributed by atoms with Crippen LogP contribution in [-0.4, -0.2) is 28.2 Å². The lowest BCUT2D eigenvalue weighted by Gasteiger charge is -2.25. The number of fused-ring (bicyclic) bond motifs is 1. The fraction of sp³-hybridized carbons (Fsp3) is 0.250. The second kappa shape index (κ2) is 6.08. The zero-order valence-electron chi connectivity index (χ0n) is 12.5. The summed E-state index contributed by atoms with van der Waals surface area (Å²) < 4.78 is 50.8. The molecule has 0 radical (unpaired) electrons. The first-order valence-corrected chi connectivity index (χ1v) is 8.64. The van der Waals surface area contributed by atoms with Gasteiger partial charge in [-0.05, 0) is 43.3 Å². The lowest BCUT2D eigenvalue weighted by Crippen LogP contribution is -2.31. The van der Waals surface area contributed by atoms with Crippen LogP contribution in [0.5, 0.6) is 11.5 Å². The second-order valence-corrected chi connectivity index (χ2v) is 6.81. The third-order valence-corrected chi connectivity index (χ3v) is 5.42. The highest BCUT2D eigenvalue weighted by atomic mass is 32.2. The third-order valence-electron chi connectivity index (χ3n) is 3.50. The predicted molar refractivity (Wildman–Crippen MR) is 84.0 cm³/mol. The fourth-order valence-electron chi connectivity index (χ4n) is 2.41. The average Bonchev–Trinajstić information content (AvgIpc) is 2.55. The highest BCUT2D eigenvalue weighted by Crippen LogP contribution is 2.35. The first-order valence-electron chi connectivity index (χ1n) is 7.20. The molecule has 1 aliphatic heterocycles. The van der Waals surface area contributed by atoms with Crippen LogP contribution in [0.15, 0.2) is 47.4 Å². The van der Waals surface area contributed by atoms with E-state index < -0.39 is 15.8 Å². The van der Waals surface area contributed by atoms with Gasteiger partial charge >= 0.3 is 0 Å². The van der Waals surface area contributed by atoms with Gasteiger partial charge in [0.15, 0.2) is 11.5 Å². The summed E-state index contributed by atoms with van der Waals surface area (Å²) in [6, 6.07) is 9.76. The van der Waals surface area contributed by atoms with Crippen molar-refractivity contribution < 1.29 is 22.3 Å². The molecule has 0 spiro atoms. The number of rotatable bonds is 4. The molecule has 0 fully saturated rings. The Morgan fingerprint density at radius 1 is 1.04 bits per heavy atom. The molecule has 0 aliphatic carbocycles. The monoisotopic (exact) mass is 337 g/mol. The molecule has 0 unspecified atom stereocenters. The van der Waals surface area contributed by atoms with Gasteiger partial charge in [-0.15, -0.1) is 0 Å². The van der Waals surface area contributed by atoms with Gasteiger partial charge in [-0.2, -0.15) is 0 Å². The predicted octanol–water partition coefficient (Wildman–Crippen LogP) is 2.81. The van der Waals surface area contributed by atoms with Crippen molar-refractivity contribution in [2.45, 2.75) is 11.8 Å². The van der Waals surface area contributed by atoms with Crippen LogP contribution in [-0.2, 0) is 10.0 Å². The van der Waals surface area contributed by atoms with E-state index in [4.69, 9.17) is 9.47 Å². The number of hydrogen-bond donors (Lipinski definition) is 0. The number of anilines is 1. The normalized spacial score (nSPS) is 13.7. The fourth-order valence-corrected chi connectivity index (χ4v) is 3.88. The van der Waals surface area contributed by atoms with Crippen molar-refractivity contribution in [3.05, 3.63) is 48.3 Å². The molecule has 2 aromatic rings. The van der Waals surface area contributed by atoms with E-state index in [0.29, 0.717) is 30.4 Å². The van der Waals surface area contributed by atoms with E-state index in [0.717, 1.165) is 12.1 Å². The standard InChI is InChI=1S/C16H16FNO4S/c1-2-18(23(19,20)14-6-3-12(17)4-7-14)13-5-8-15-16(11-13)22-10-9-21-15/h3-8,11H,2,9-10H2,1H3. The molecule has 5 nitrogen and oxygen atoms in total. The van der Waals surface area contributed by atoms with Crippen LogP contribution in [0, 0.1) is 5.82 Å². The quantitative estimate of drug-likeness (QED) is 0.861. The number of ether oxygens (including phenoxy) is 2. The van der Waals surface area contributed by atoms with Crippen molar-refractivity contribution in [2.75, 3.05) is 24.1 Å². The van der Waals surface area contributed by atoms with Gasteiger partial charge in [-0.1, -0.05) is 0 Å². The first-order chi connectivity index (χ1) is 11.0.